The maximum absolute atomic E-state index is 12.2. The number of aromatic hydroxyl groups is 1. The van der Waals surface area contributed by atoms with E-state index in [4.69, 9.17) is 14.2 Å². The second-order valence-corrected chi connectivity index (χ2v) is 5.91. The van der Waals surface area contributed by atoms with Gasteiger partial charge >= 0.3 is 0 Å². The predicted octanol–water partition coefficient (Wildman–Crippen LogP) is 3.33. The number of nitrogens with zero attached hydrogens (tertiary/aromatic N) is 1. The molecular weight excluding hydrogens is 404 g/mol. The van der Waals surface area contributed by atoms with Crippen LogP contribution in [0, 0.1) is 0 Å². The van der Waals surface area contributed by atoms with Crippen molar-refractivity contribution in [2.75, 3.05) is 20.8 Å². The highest BCUT2D eigenvalue weighted by Crippen LogP contribution is 2.35. The van der Waals surface area contributed by atoms with Gasteiger partial charge in [0.05, 0.1) is 31.5 Å². The van der Waals surface area contributed by atoms with Crippen LogP contribution in [0.2, 0.25) is 0 Å². The minimum absolute atomic E-state index is 0.0124. The number of nitrogens with one attached hydrogen (secondary N) is 1. The van der Waals surface area contributed by atoms with Crippen LogP contribution in [-0.2, 0) is 0 Å². The van der Waals surface area contributed by atoms with Crippen molar-refractivity contribution >= 4 is 28.1 Å². The predicted molar refractivity (Wildman–Crippen MR) is 102 cm³/mol. The van der Waals surface area contributed by atoms with E-state index in [1.165, 1.54) is 20.4 Å². The van der Waals surface area contributed by atoms with E-state index < -0.39 is 5.91 Å². The number of rotatable bonds is 7. The number of halogens is 1. The Morgan fingerprint density at radius 3 is 2.58 bits per heavy atom. The molecule has 2 aromatic carbocycles. The maximum atomic E-state index is 12.2. The standard InChI is InChI=1S/C18H19BrN2O5/c1-4-26-16-8-11(7-13(19)17(16)22)10-20-21-18(23)12-5-6-14(24-2)15(9-12)25-3/h5-10,22H,4H2,1-3H3,(H,21,23). The molecule has 2 aromatic rings. The van der Waals surface area contributed by atoms with E-state index in [0.717, 1.165) is 0 Å². The molecular formula is C18H19BrN2O5. The third-order valence-electron chi connectivity index (χ3n) is 3.38. The summed E-state index contributed by atoms with van der Waals surface area (Å²) in [6, 6.07) is 8.09. The highest BCUT2D eigenvalue weighted by atomic mass is 79.9. The Labute approximate surface area is 159 Å². The van der Waals surface area contributed by atoms with E-state index in [2.05, 4.69) is 26.5 Å². The molecule has 0 unspecified atom stereocenters. The lowest BCUT2D eigenvalue weighted by Crippen LogP contribution is -2.17. The Morgan fingerprint density at radius 2 is 1.92 bits per heavy atom. The topological polar surface area (TPSA) is 89.4 Å². The van der Waals surface area contributed by atoms with Gasteiger partial charge in [-0.2, -0.15) is 5.10 Å². The molecule has 0 spiro atoms. The van der Waals surface area contributed by atoms with Crippen LogP contribution < -0.4 is 19.6 Å². The van der Waals surface area contributed by atoms with Crippen LogP contribution in [0.15, 0.2) is 39.9 Å². The molecule has 138 valence electrons. The molecule has 0 aromatic heterocycles. The Kier molecular flexibility index (Phi) is 6.85. The number of methoxy groups -OCH3 is 2. The Morgan fingerprint density at radius 1 is 1.19 bits per heavy atom. The van der Waals surface area contributed by atoms with Crippen LogP contribution >= 0.6 is 15.9 Å². The average molecular weight is 423 g/mol. The van der Waals surface area contributed by atoms with Gasteiger partial charge in [-0.1, -0.05) is 0 Å². The van der Waals surface area contributed by atoms with Crippen molar-refractivity contribution in [3.05, 3.63) is 45.9 Å². The molecule has 0 heterocycles. The first kappa shape index (κ1) is 19.6. The molecule has 0 aliphatic heterocycles. The summed E-state index contributed by atoms with van der Waals surface area (Å²) in [5.41, 5.74) is 3.46. The summed E-state index contributed by atoms with van der Waals surface area (Å²) in [5.74, 6) is 0.927. The number of phenols is 1. The molecule has 0 aliphatic carbocycles. The van der Waals surface area contributed by atoms with Crippen molar-refractivity contribution in [3.8, 4) is 23.0 Å². The van der Waals surface area contributed by atoms with Crippen molar-refractivity contribution in [1.29, 1.82) is 0 Å². The van der Waals surface area contributed by atoms with Gasteiger partial charge in [0, 0.05) is 5.56 Å². The van der Waals surface area contributed by atoms with Gasteiger partial charge < -0.3 is 19.3 Å². The second kappa shape index (κ2) is 9.10. The maximum Gasteiger partial charge on any atom is 0.271 e. The number of hydrogen-bond donors (Lipinski definition) is 2. The van der Waals surface area contributed by atoms with Gasteiger partial charge in [-0.25, -0.2) is 5.43 Å². The van der Waals surface area contributed by atoms with Crippen LogP contribution in [0.1, 0.15) is 22.8 Å². The summed E-state index contributed by atoms with van der Waals surface area (Å²) in [5, 5.41) is 13.8. The van der Waals surface area contributed by atoms with Gasteiger partial charge in [-0.15, -0.1) is 0 Å². The van der Waals surface area contributed by atoms with Gasteiger partial charge in [-0.05, 0) is 58.7 Å². The minimum atomic E-state index is -0.398. The first-order chi connectivity index (χ1) is 12.5. The molecule has 1 amide bonds. The van der Waals surface area contributed by atoms with Gasteiger partial charge in [0.1, 0.15) is 0 Å². The molecule has 26 heavy (non-hydrogen) atoms. The Hall–Kier alpha value is -2.74. The quantitative estimate of drug-likeness (QED) is 0.527. The van der Waals surface area contributed by atoms with Crippen molar-refractivity contribution in [2.24, 2.45) is 5.10 Å². The summed E-state index contributed by atoms with van der Waals surface area (Å²) >= 11 is 3.25. The summed E-state index contributed by atoms with van der Waals surface area (Å²) in [4.78, 5) is 12.2. The average Bonchev–Trinajstić information content (AvgIpc) is 2.65. The zero-order valence-corrected chi connectivity index (χ0v) is 16.2. The fourth-order valence-corrected chi connectivity index (χ4v) is 2.60. The lowest BCUT2D eigenvalue weighted by atomic mass is 10.2. The number of carbonyl (C=O) groups is 1. The first-order valence-corrected chi connectivity index (χ1v) is 8.50. The summed E-state index contributed by atoms with van der Waals surface area (Å²) in [6.07, 6.45) is 1.45. The van der Waals surface area contributed by atoms with Crippen LogP contribution in [0.25, 0.3) is 0 Å². The highest BCUT2D eigenvalue weighted by molar-refractivity contribution is 9.10. The third kappa shape index (κ3) is 4.66. The monoisotopic (exact) mass is 422 g/mol. The largest absolute Gasteiger partial charge is 0.503 e. The van der Waals surface area contributed by atoms with Gasteiger partial charge in [0.2, 0.25) is 0 Å². The molecule has 0 saturated heterocycles. The van der Waals surface area contributed by atoms with E-state index in [0.29, 0.717) is 39.5 Å². The van der Waals surface area contributed by atoms with E-state index in [1.54, 1.807) is 30.3 Å². The fourth-order valence-electron chi connectivity index (χ4n) is 2.14. The summed E-state index contributed by atoms with van der Waals surface area (Å²) in [6.45, 7) is 2.23. The van der Waals surface area contributed by atoms with Crippen LogP contribution in [0.4, 0.5) is 0 Å². The van der Waals surface area contributed by atoms with Crippen LogP contribution in [0.5, 0.6) is 23.0 Å². The number of hydrazone groups is 1. The van der Waals surface area contributed by atoms with E-state index in [1.807, 2.05) is 6.92 Å². The normalized spacial score (nSPS) is 10.6. The number of amides is 1. The Balaban J connectivity index is 2.12. The van der Waals surface area contributed by atoms with Crippen LogP contribution in [-0.4, -0.2) is 38.1 Å². The van der Waals surface area contributed by atoms with Crippen molar-refractivity contribution in [2.45, 2.75) is 6.92 Å². The zero-order valence-electron chi connectivity index (χ0n) is 14.6. The molecule has 0 bridgehead atoms. The van der Waals surface area contributed by atoms with E-state index >= 15 is 0 Å². The molecule has 2 N–H and O–H groups in total. The molecule has 0 radical (unpaired) electrons. The number of ether oxygens (including phenoxy) is 3. The second-order valence-electron chi connectivity index (χ2n) is 5.05. The molecule has 0 saturated carbocycles. The number of benzene rings is 2. The number of phenolic OH excluding ortho intramolecular Hbond substituents is 1. The molecule has 0 aliphatic rings. The Bertz CT molecular complexity index is 823. The number of hydrogen-bond acceptors (Lipinski definition) is 6. The minimum Gasteiger partial charge on any atom is -0.503 e. The number of carbonyl (C=O) groups excluding carboxylic acids is 1. The zero-order chi connectivity index (χ0) is 19.1. The molecule has 0 atom stereocenters. The lowest BCUT2D eigenvalue weighted by Gasteiger charge is -2.09. The third-order valence-corrected chi connectivity index (χ3v) is 3.98. The van der Waals surface area contributed by atoms with Gasteiger partial charge in [-0.3, -0.25) is 4.79 Å². The lowest BCUT2D eigenvalue weighted by molar-refractivity contribution is 0.0954. The highest BCUT2D eigenvalue weighted by Gasteiger charge is 2.11. The van der Waals surface area contributed by atoms with Gasteiger partial charge in [0.15, 0.2) is 23.0 Å². The van der Waals surface area contributed by atoms with Gasteiger partial charge in [0.25, 0.3) is 5.91 Å². The van der Waals surface area contributed by atoms with E-state index in [9.17, 15) is 9.90 Å². The summed E-state index contributed by atoms with van der Waals surface area (Å²) in [7, 11) is 3.02. The first-order valence-electron chi connectivity index (χ1n) is 7.70. The van der Waals surface area contributed by atoms with Crippen LogP contribution in [0.3, 0.4) is 0 Å². The van der Waals surface area contributed by atoms with Crippen molar-refractivity contribution in [3.63, 3.8) is 0 Å². The fraction of sp³-hybridized carbons (Fsp3) is 0.222. The van der Waals surface area contributed by atoms with Crippen molar-refractivity contribution in [1.82, 2.24) is 5.43 Å². The molecule has 8 heteroatoms. The SMILES string of the molecule is CCOc1cc(C=NNC(=O)c2ccc(OC)c(OC)c2)cc(Br)c1O. The summed E-state index contributed by atoms with van der Waals surface area (Å²) < 4.78 is 16.1. The van der Waals surface area contributed by atoms with Crippen molar-refractivity contribution < 1.29 is 24.1 Å². The molecule has 0 fully saturated rings. The molecule has 2 rings (SSSR count). The van der Waals surface area contributed by atoms with E-state index in [-0.39, 0.29) is 5.75 Å². The smallest absolute Gasteiger partial charge is 0.271 e. The molecule has 7 nitrogen and oxygen atoms in total.